The highest BCUT2D eigenvalue weighted by Crippen LogP contribution is 2.30. The maximum Gasteiger partial charge on any atom is 0.0648 e. The number of rotatable bonds is 7. The predicted octanol–water partition coefficient (Wildman–Crippen LogP) is 1.59. The molecule has 0 rings (SSSR count). The van der Waals surface area contributed by atoms with E-state index in [1.807, 2.05) is 0 Å². The van der Waals surface area contributed by atoms with Crippen LogP contribution < -0.4 is 0 Å². The van der Waals surface area contributed by atoms with Gasteiger partial charge in [-0.05, 0) is 54.4 Å². The third-order valence-corrected chi connectivity index (χ3v) is 2.83. The van der Waals surface area contributed by atoms with E-state index in [-0.39, 0.29) is 12.8 Å². The van der Waals surface area contributed by atoms with Crippen molar-refractivity contribution in [3.8, 4) is 0 Å². The molecule has 2 unspecified atom stereocenters. The Kier molecular flexibility index (Phi) is 5.40. The second-order valence-electron chi connectivity index (χ2n) is 7.47. The van der Waals surface area contributed by atoms with E-state index in [1.165, 1.54) is 0 Å². The van der Waals surface area contributed by atoms with Gasteiger partial charge in [-0.25, -0.2) is 0 Å². The van der Waals surface area contributed by atoms with Gasteiger partial charge in [-0.15, -0.1) is 0 Å². The van der Waals surface area contributed by atoms with Gasteiger partial charge in [0.2, 0.25) is 0 Å². The first-order chi connectivity index (χ1) is 7.62. The summed E-state index contributed by atoms with van der Waals surface area (Å²) in [5, 5.41) is 39.8. The zero-order valence-electron chi connectivity index (χ0n) is 12.6. The minimum Gasteiger partial charge on any atom is -0.390 e. The van der Waals surface area contributed by atoms with Crippen molar-refractivity contribution < 1.29 is 20.4 Å². The molecule has 0 aromatic heterocycles. The van der Waals surface area contributed by atoms with Gasteiger partial charge in [-0.2, -0.15) is 0 Å². The van der Waals surface area contributed by atoms with Crippen LogP contribution in [0.3, 0.4) is 0 Å². The van der Waals surface area contributed by atoms with Crippen LogP contribution >= 0.6 is 0 Å². The molecule has 0 heterocycles. The molecule has 0 saturated carbocycles. The SMILES string of the molecule is CC(C)(O)CC(C)(O)CCC(C)(O)CC(C)(C)O. The molecule has 4 N–H and O–H groups in total. The smallest absolute Gasteiger partial charge is 0.0648 e. The molecule has 18 heavy (non-hydrogen) atoms. The van der Waals surface area contributed by atoms with Gasteiger partial charge in [-0.3, -0.25) is 0 Å². The van der Waals surface area contributed by atoms with Crippen LogP contribution in [-0.2, 0) is 0 Å². The van der Waals surface area contributed by atoms with E-state index in [4.69, 9.17) is 0 Å². The lowest BCUT2D eigenvalue weighted by Gasteiger charge is -2.35. The fourth-order valence-electron chi connectivity index (χ4n) is 2.58. The molecule has 0 aromatic carbocycles. The van der Waals surface area contributed by atoms with Crippen LogP contribution in [0, 0.1) is 0 Å². The molecule has 4 heteroatoms. The Morgan fingerprint density at radius 3 is 0.944 bits per heavy atom. The van der Waals surface area contributed by atoms with Crippen LogP contribution in [0.4, 0.5) is 0 Å². The molecule has 0 aromatic rings. The Hall–Kier alpha value is -0.160. The summed E-state index contributed by atoms with van der Waals surface area (Å²) in [7, 11) is 0. The van der Waals surface area contributed by atoms with E-state index in [1.54, 1.807) is 41.5 Å². The average molecular weight is 262 g/mol. The van der Waals surface area contributed by atoms with E-state index in [2.05, 4.69) is 0 Å². The minimum atomic E-state index is -1.03. The quantitative estimate of drug-likeness (QED) is 0.561. The van der Waals surface area contributed by atoms with Gasteiger partial charge in [0.1, 0.15) is 0 Å². The van der Waals surface area contributed by atoms with Gasteiger partial charge in [-0.1, -0.05) is 0 Å². The molecule has 0 aliphatic heterocycles. The molecule has 0 aliphatic carbocycles. The lowest BCUT2D eigenvalue weighted by Crippen LogP contribution is -2.40. The van der Waals surface area contributed by atoms with Gasteiger partial charge in [0.25, 0.3) is 0 Å². The van der Waals surface area contributed by atoms with Gasteiger partial charge in [0.05, 0.1) is 22.4 Å². The first-order valence-corrected chi connectivity index (χ1v) is 6.52. The van der Waals surface area contributed by atoms with Gasteiger partial charge in [0, 0.05) is 12.8 Å². The summed E-state index contributed by atoms with van der Waals surface area (Å²) < 4.78 is 0. The highest BCUT2D eigenvalue weighted by molar-refractivity contribution is 4.87. The highest BCUT2D eigenvalue weighted by Gasteiger charge is 2.34. The molecule has 110 valence electrons. The van der Waals surface area contributed by atoms with Crippen molar-refractivity contribution in [1.82, 2.24) is 0 Å². The zero-order valence-corrected chi connectivity index (χ0v) is 12.6. The summed E-state index contributed by atoms with van der Waals surface area (Å²) in [4.78, 5) is 0. The van der Waals surface area contributed by atoms with Crippen molar-refractivity contribution >= 4 is 0 Å². The van der Waals surface area contributed by atoms with Crippen LogP contribution in [0.2, 0.25) is 0 Å². The van der Waals surface area contributed by atoms with Crippen molar-refractivity contribution in [2.24, 2.45) is 0 Å². The molecule has 0 saturated heterocycles. The third-order valence-electron chi connectivity index (χ3n) is 2.83. The van der Waals surface area contributed by atoms with E-state index in [9.17, 15) is 20.4 Å². The summed E-state index contributed by atoms with van der Waals surface area (Å²) in [5.74, 6) is 0. The van der Waals surface area contributed by atoms with Crippen molar-refractivity contribution in [2.45, 2.75) is 89.6 Å². The van der Waals surface area contributed by atoms with Crippen LogP contribution in [0.25, 0.3) is 0 Å². The number of hydrogen-bond acceptors (Lipinski definition) is 4. The summed E-state index contributed by atoms with van der Waals surface area (Å²) in [6, 6.07) is 0. The molecular weight excluding hydrogens is 232 g/mol. The second-order valence-corrected chi connectivity index (χ2v) is 7.47. The summed E-state index contributed by atoms with van der Waals surface area (Å²) >= 11 is 0. The third kappa shape index (κ3) is 9.83. The van der Waals surface area contributed by atoms with Crippen molar-refractivity contribution in [1.29, 1.82) is 0 Å². The number of hydrogen-bond donors (Lipinski definition) is 4. The first kappa shape index (κ1) is 17.8. The second kappa shape index (κ2) is 5.45. The van der Waals surface area contributed by atoms with E-state index in [0.29, 0.717) is 12.8 Å². The van der Waals surface area contributed by atoms with Crippen molar-refractivity contribution in [3.05, 3.63) is 0 Å². The monoisotopic (exact) mass is 262 g/mol. The van der Waals surface area contributed by atoms with Crippen LogP contribution in [-0.4, -0.2) is 42.8 Å². The van der Waals surface area contributed by atoms with E-state index >= 15 is 0 Å². The lowest BCUT2D eigenvalue weighted by molar-refractivity contribution is -0.0741. The number of aliphatic hydroxyl groups is 4. The Morgan fingerprint density at radius 1 is 0.556 bits per heavy atom. The summed E-state index contributed by atoms with van der Waals surface area (Å²) in [6.45, 7) is 9.91. The molecular formula is C14H30O4. The maximum absolute atomic E-state index is 10.2. The molecule has 0 aliphatic rings. The van der Waals surface area contributed by atoms with Gasteiger partial charge in [0.15, 0.2) is 0 Å². The first-order valence-electron chi connectivity index (χ1n) is 6.52. The Labute approximate surface area is 111 Å². The molecule has 4 nitrogen and oxygen atoms in total. The Morgan fingerprint density at radius 2 is 0.778 bits per heavy atom. The van der Waals surface area contributed by atoms with Crippen LogP contribution in [0.15, 0.2) is 0 Å². The van der Waals surface area contributed by atoms with Crippen molar-refractivity contribution in [2.75, 3.05) is 0 Å². The molecule has 0 spiro atoms. The summed E-state index contributed by atoms with van der Waals surface area (Å²) in [6.07, 6.45) is 1.25. The highest BCUT2D eigenvalue weighted by atomic mass is 16.3. The topological polar surface area (TPSA) is 80.9 Å². The van der Waals surface area contributed by atoms with Gasteiger partial charge >= 0.3 is 0 Å². The molecule has 0 fully saturated rings. The van der Waals surface area contributed by atoms with Crippen LogP contribution in [0.5, 0.6) is 0 Å². The fraction of sp³-hybridized carbons (Fsp3) is 1.00. The molecule has 0 amide bonds. The standard InChI is InChI=1S/C14H30O4/c1-11(2,15)9-13(5,17)7-8-14(6,18)10-12(3,4)16/h15-18H,7-10H2,1-6H3. The Balaban J connectivity index is 4.38. The van der Waals surface area contributed by atoms with Crippen molar-refractivity contribution in [3.63, 3.8) is 0 Å². The largest absolute Gasteiger partial charge is 0.390 e. The van der Waals surface area contributed by atoms with E-state index < -0.39 is 22.4 Å². The van der Waals surface area contributed by atoms with E-state index in [0.717, 1.165) is 0 Å². The molecule has 0 radical (unpaired) electrons. The molecule has 0 bridgehead atoms. The minimum absolute atomic E-state index is 0.249. The zero-order chi connectivity index (χ0) is 14.8. The average Bonchev–Trinajstić information content (AvgIpc) is 1.91. The molecule has 2 atom stereocenters. The maximum atomic E-state index is 10.2. The van der Waals surface area contributed by atoms with Gasteiger partial charge < -0.3 is 20.4 Å². The normalized spacial score (nSPS) is 20.3. The lowest BCUT2D eigenvalue weighted by atomic mass is 9.81. The summed E-state index contributed by atoms with van der Waals surface area (Å²) in [5.41, 5.74) is -3.93. The van der Waals surface area contributed by atoms with Crippen LogP contribution in [0.1, 0.15) is 67.2 Å². The Bertz CT molecular complexity index is 228. The predicted molar refractivity (Wildman–Crippen MR) is 72.3 cm³/mol. The fourth-order valence-corrected chi connectivity index (χ4v) is 2.58.